The molecule has 0 aliphatic carbocycles. The third kappa shape index (κ3) is 3.19. The zero-order chi connectivity index (χ0) is 16.8. The average Bonchev–Trinajstić information content (AvgIpc) is 2.67. The topological polar surface area (TPSA) is 67.2 Å². The highest BCUT2D eigenvalue weighted by Gasteiger charge is 2.36. The van der Waals surface area contributed by atoms with Crippen molar-refractivity contribution >= 4 is 5.82 Å². The van der Waals surface area contributed by atoms with E-state index in [9.17, 15) is 5.26 Å². The van der Waals surface area contributed by atoms with E-state index in [1.54, 1.807) is 25.4 Å². The van der Waals surface area contributed by atoms with Gasteiger partial charge in [-0.05, 0) is 31.0 Å². The monoisotopic (exact) mass is 323 g/mol. The number of pyridine rings is 1. The Morgan fingerprint density at radius 3 is 2.79 bits per heavy atom. The van der Waals surface area contributed by atoms with E-state index >= 15 is 0 Å². The van der Waals surface area contributed by atoms with Crippen LogP contribution in [0.4, 0.5) is 5.82 Å². The van der Waals surface area contributed by atoms with Crippen molar-refractivity contribution in [2.45, 2.75) is 18.3 Å². The average molecular weight is 323 g/mol. The van der Waals surface area contributed by atoms with Gasteiger partial charge in [-0.2, -0.15) is 5.26 Å². The molecule has 0 spiro atoms. The van der Waals surface area contributed by atoms with Crippen LogP contribution in [0.2, 0.25) is 0 Å². The molecule has 3 rings (SSSR count). The molecule has 1 saturated heterocycles. The largest absolute Gasteiger partial charge is 0.496 e. The summed E-state index contributed by atoms with van der Waals surface area (Å²) in [7, 11) is 1.70. The predicted molar refractivity (Wildman–Crippen MR) is 92.2 cm³/mol. The van der Waals surface area contributed by atoms with Gasteiger partial charge in [-0.25, -0.2) is 4.98 Å². The van der Waals surface area contributed by atoms with E-state index in [4.69, 9.17) is 9.47 Å². The molecule has 124 valence electrons. The van der Waals surface area contributed by atoms with Gasteiger partial charge in [0.15, 0.2) is 0 Å². The molecule has 0 saturated carbocycles. The SMILES string of the molecule is COc1ccccc1C1(CNc2ncccc2C#N)CCOCC1. The Hall–Kier alpha value is -2.58. The molecule has 0 radical (unpaired) electrons. The van der Waals surface area contributed by atoms with Crippen LogP contribution in [0.25, 0.3) is 0 Å². The second kappa shape index (κ2) is 7.33. The summed E-state index contributed by atoms with van der Waals surface area (Å²) < 4.78 is 11.2. The number of hydrogen-bond donors (Lipinski definition) is 1. The molecule has 0 unspecified atom stereocenters. The Balaban J connectivity index is 1.91. The highest BCUT2D eigenvalue weighted by atomic mass is 16.5. The van der Waals surface area contributed by atoms with Gasteiger partial charge in [0.25, 0.3) is 0 Å². The van der Waals surface area contributed by atoms with Gasteiger partial charge in [0.1, 0.15) is 17.6 Å². The molecule has 1 aliphatic rings. The van der Waals surface area contributed by atoms with Gasteiger partial charge in [-0.1, -0.05) is 18.2 Å². The van der Waals surface area contributed by atoms with Crippen molar-refractivity contribution in [2.75, 3.05) is 32.2 Å². The molecule has 24 heavy (non-hydrogen) atoms. The molecule has 2 aromatic rings. The summed E-state index contributed by atoms with van der Waals surface area (Å²) in [6, 6.07) is 13.9. The third-order valence-corrected chi connectivity index (χ3v) is 4.65. The lowest BCUT2D eigenvalue weighted by atomic mass is 9.73. The van der Waals surface area contributed by atoms with Crippen LogP contribution in [0.5, 0.6) is 5.75 Å². The summed E-state index contributed by atoms with van der Waals surface area (Å²) in [5.41, 5.74) is 1.63. The zero-order valence-electron chi connectivity index (χ0n) is 13.8. The lowest BCUT2D eigenvalue weighted by molar-refractivity contribution is 0.0535. The molecule has 1 aromatic carbocycles. The maximum atomic E-state index is 9.25. The van der Waals surface area contributed by atoms with E-state index in [1.165, 1.54) is 5.56 Å². The fraction of sp³-hybridized carbons (Fsp3) is 0.368. The van der Waals surface area contributed by atoms with Crippen molar-refractivity contribution in [1.29, 1.82) is 5.26 Å². The number of nitriles is 1. The van der Waals surface area contributed by atoms with Crippen molar-refractivity contribution in [3.8, 4) is 11.8 Å². The molecule has 2 heterocycles. The lowest BCUT2D eigenvalue weighted by Gasteiger charge is -2.38. The summed E-state index contributed by atoms with van der Waals surface area (Å²) in [5, 5.41) is 12.6. The van der Waals surface area contributed by atoms with E-state index < -0.39 is 0 Å². The molecule has 1 aliphatic heterocycles. The normalized spacial score (nSPS) is 16.2. The van der Waals surface area contributed by atoms with Crippen molar-refractivity contribution < 1.29 is 9.47 Å². The van der Waals surface area contributed by atoms with Crippen LogP contribution in [0.15, 0.2) is 42.6 Å². The van der Waals surface area contributed by atoms with Gasteiger partial charge in [-0.15, -0.1) is 0 Å². The van der Waals surface area contributed by atoms with E-state index in [-0.39, 0.29) is 5.41 Å². The number of ether oxygens (including phenoxy) is 2. The zero-order valence-corrected chi connectivity index (χ0v) is 13.8. The molecule has 0 atom stereocenters. The van der Waals surface area contributed by atoms with Crippen LogP contribution in [-0.4, -0.2) is 31.9 Å². The van der Waals surface area contributed by atoms with Crippen LogP contribution >= 0.6 is 0 Å². The number of anilines is 1. The minimum Gasteiger partial charge on any atom is -0.496 e. The maximum absolute atomic E-state index is 9.25. The van der Waals surface area contributed by atoms with Crippen molar-refractivity contribution in [3.63, 3.8) is 0 Å². The Morgan fingerprint density at radius 2 is 2.04 bits per heavy atom. The van der Waals surface area contributed by atoms with Gasteiger partial charge >= 0.3 is 0 Å². The quantitative estimate of drug-likeness (QED) is 0.915. The third-order valence-electron chi connectivity index (χ3n) is 4.65. The minimum absolute atomic E-state index is 0.102. The molecular weight excluding hydrogens is 302 g/mol. The molecule has 0 amide bonds. The Labute approximate surface area is 142 Å². The Kier molecular flexibility index (Phi) is 4.97. The van der Waals surface area contributed by atoms with Gasteiger partial charge in [0.05, 0.1) is 12.7 Å². The van der Waals surface area contributed by atoms with Crippen LogP contribution in [0.1, 0.15) is 24.0 Å². The molecule has 5 heteroatoms. The first-order chi connectivity index (χ1) is 11.8. The summed E-state index contributed by atoms with van der Waals surface area (Å²) in [6.45, 7) is 2.11. The summed E-state index contributed by atoms with van der Waals surface area (Å²) in [5.74, 6) is 1.52. The first kappa shape index (κ1) is 16.3. The maximum Gasteiger partial charge on any atom is 0.143 e. The van der Waals surface area contributed by atoms with Crippen LogP contribution in [-0.2, 0) is 10.2 Å². The highest BCUT2D eigenvalue weighted by Crippen LogP contribution is 2.40. The smallest absolute Gasteiger partial charge is 0.143 e. The molecule has 5 nitrogen and oxygen atoms in total. The Bertz CT molecular complexity index is 733. The molecule has 1 aromatic heterocycles. The van der Waals surface area contributed by atoms with E-state index in [1.807, 2.05) is 18.2 Å². The summed E-state index contributed by atoms with van der Waals surface area (Å²) in [6.07, 6.45) is 3.49. The van der Waals surface area contributed by atoms with Gasteiger partial charge in [-0.3, -0.25) is 0 Å². The van der Waals surface area contributed by atoms with Crippen LogP contribution < -0.4 is 10.1 Å². The predicted octanol–water partition coefficient (Wildman–Crippen LogP) is 3.12. The standard InChI is InChI=1S/C19H21N3O2/c1-23-17-7-3-2-6-16(17)19(8-11-24-12-9-19)14-22-18-15(13-20)5-4-10-21-18/h2-7,10H,8-9,11-12,14H2,1H3,(H,21,22). The first-order valence-corrected chi connectivity index (χ1v) is 8.09. The van der Waals surface area contributed by atoms with E-state index in [0.717, 1.165) is 18.6 Å². The molecule has 0 bridgehead atoms. The molecular formula is C19H21N3O2. The number of benzene rings is 1. The Morgan fingerprint density at radius 1 is 1.25 bits per heavy atom. The minimum atomic E-state index is -0.102. The first-order valence-electron chi connectivity index (χ1n) is 8.09. The molecule has 1 N–H and O–H groups in total. The lowest BCUT2D eigenvalue weighted by Crippen LogP contribution is -2.40. The number of aromatic nitrogens is 1. The number of methoxy groups -OCH3 is 1. The number of nitrogens with zero attached hydrogens (tertiary/aromatic N) is 2. The van der Waals surface area contributed by atoms with Crippen molar-refractivity contribution in [2.24, 2.45) is 0 Å². The van der Waals surface area contributed by atoms with E-state index in [2.05, 4.69) is 22.4 Å². The molecule has 1 fully saturated rings. The van der Waals surface area contributed by atoms with E-state index in [0.29, 0.717) is 31.1 Å². The van der Waals surface area contributed by atoms with Gasteiger partial charge < -0.3 is 14.8 Å². The fourth-order valence-electron chi connectivity index (χ4n) is 3.28. The number of nitrogens with one attached hydrogen (secondary N) is 1. The number of rotatable bonds is 5. The van der Waals surface area contributed by atoms with Crippen molar-refractivity contribution in [3.05, 3.63) is 53.7 Å². The second-order valence-corrected chi connectivity index (χ2v) is 5.96. The van der Waals surface area contributed by atoms with Crippen LogP contribution in [0, 0.1) is 11.3 Å². The van der Waals surface area contributed by atoms with Crippen LogP contribution in [0.3, 0.4) is 0 Å². The van der Waals surface area contributed by atoms with Gasteiger partial charge in [0.2, 0.25) is 0 Å². The summed E-state index contributed by atoms with van der Waals surface area (Å²) >= 11 is 0. The second-order valence-electron chi connectivity index (χ2n) is 5.96. The fourth-order valence-corrected chi connectivity index (χ4v) is 3.28. The van der Waals surface area contributed by atoms with Crippen molar-refractivity contribution in [1.82, 2.24) is 4.98 Å². The van der Waals surface area contributed by atoms with Gasteiger partial charge in [0, 0.05) is 36.9 Å². The number of para-hydroxylation sites is 1. The summed E-state index contributed by atoms with van der Waals surface area (Å²) in [4.78, 5) is 4.31. The highest BCUT2D eigenvalue weighted by molar-refractivity contribution is 5.52. The number of hydrogen-bond acceptors (Lipinski definition) is 5.